The van der Waals surface area contributed by atoms with Gasteiger partial charge in [0.2, 0.25) is 12.3 Å². The largest absolute Gasteiger partial charge is 0.381 e. The second-order valence-electron chi connectivity index (χ2n) is 10.7. The van der Waals surface area contributed by atoms with Crippen molar-refractivity contribution in [1.29, 1.82) is 0 Å². The fourth-order valence-electron chi connectivity index (χ4n) is 4.46. The van der Waals surface area contributed by atoms with E-state index < -0.39 is 0 Å². The van der Waals surface area contributed by atoms with Crippen LogP contribution in [0.3, 0.4) is 0 Å². The Balaban J connectivity index is 1.48. The molecular weight excluding hydrogens is 592 g/mol. The Morgan fingerprint density at radius 3 is 2.02 bits per heavy atom. The third kappa shape index (κ3) is 18.0. The van der Waals surface area contributed by atoms with E-state index in [0.717, 1.165) is 52.5 Å². The monoisotopic (exact) mass is 646 g/mol. The molecule has 2 aromatic carbocycles. The van der Waals surface area contributed by atoms with Crippen molar-refractivity contribution < 1.29 is 28.5 Å². The summed E-state index contributed by atoms with van der Waals surface area (Å²) < 4.78 is 22.3. The average Bonchev–Trinajstić information content (AvgIpc) is 3.05. The van der Waals surface area contributed by atoms with E-state index in [1.165, 1.54) is 32.1 Å². The lowest BCUT2D eigenvalue weighted by molar-refractivity contribution is -0.114. The minimum absolute atomic E-state index is 0.0283. The smallest absolute Gasteiger partial charge is 0.234 e. The van der Waals surface area contributed by atoms with Gasteiger partial charge in [-0.05, 0) is 61.2 Å². The zero-order chi connectivity index (χ0) is 32.4. The third-order valence-electron chi connectivity index (χ3n) is 7.06. The summed E-state index contributed by atoms with van der Waals surface area (Å²) >= 11 is 1.55. The average molecular weight is 647 g/mol. The van der Waals surface area contributed by atoms with Crippen LogP contribution in [0.4, 0.5) is 17.1 Å². The summed E-state index contributed by atoms with van der Waals surface area (Å²) in [5.74, 6) is 1.07. The molecule has 0 aliphatic rings. The Bertz CT molecular complexity index is 1070. The van der Waals surface area contributed by atoms with Gasteiger partial charge in [-0.2, -0.15) is 0 Å². The Hall–Kier alpha value is -2.83. The van der Waals surface area contributed by atoms with Crippen molar-refractivity contribution in [2.75, 3.05) is 80.4 Å². The molecule has 0 aliphatic heterocycles. The first-order valence-corrected chi connectivity index (χ1v) is 17.3. The van der Waals surface area contributed by atoms with E-state index in [1.807, 2.05) is 44.2 Å². The maximum Gasteiger partial charge on any atom is 0.234 e. The van der Waals surface area contributed by atoms with Gasteiger partial charge >= 0.3 is 0 Å². The lowest BCUT2D eigenvalue weighted by Gasteiger charge is -2.16. The molecule has 0 spiro atoms. The van der Waals surface area contributed by atoms with E-state index in [4.69, 9.17) is 18.9 Å². The Morgan fingerprint density at radius 1 is 0.756 bits per heavy atom. The predicted octanol–water partition coefficient (Wildman–Crippen LogP) is 6.09. The first-order valence-electron chi connectivity index (χ1n) is 16.1. The number of amides is 2. The number of hydrogen-bond donors (Lipinski definition) is 4. The van der Waals surface area contributed by atoms with Crippen LogP contribution in [0.1, 0.15) is 62.1 Å². The molecule has 0 saturated heterocycles. The van der Waals surface area contributed by atoms with E-state index in [1.54, 1.807) is 11.8 Å². The van der Waals surface area contributed by atoms with Gasteiger partial charge in [0, 0.05) is 30.3 Å². The van der Waals surface area contributed by atoms with Gasteiger partial charge in [0.05, 0.1) is 57.7 Å². The van der Waals surface area contributed by atoms with Crippen molar-refractivity contribution in [3.8, 4) is 0 Å². The SMILES string of the molecule is CCCCCCCCOCCOCCOCCOCCSCC(=O)Nc1c(C)ccc(CNc2ccc(NNC=O)cc2)c1C. The highest BCUT2D eigenvalue weighted by Gasteiger charge is 2.11. The fourth-order valence-corrected chi connectivity index (χ4v) is 5.10. The Morgan fingerprint density at radius 2 is 1.36 bits per heavy atom. The molecule has 0 aliphatic carbocycles. The number of thioether (sulfide) groups is 1. The number of ether oxygens (including phenoxy) is 4. The quantitative estimate of drug-likeness (QED) is 0.0495. The molecule has 0 atom stereocenters. The summed E-state index contributed by atoms with van der Waals surface area (Å²) in [4.78, 5) is 23.1. The summed E-state index contributed by atoms with van der Waals surface area (Å²) in [7, 11) is 0. The topological polar surface area (TPSA) is 119 Å². The van der Waals surface area contributed by atoms with Gasteiger partial charge in [0.25, 0.3) is 0 Å². The molecule has 252 valence electrons. The van der Waals surface area contributed by atoms with Crippen molar-refractivity contribution >= 4 is 41.1 Å². The van der Waals surface area contributed by atoms with Gasteiger partial charge in [-0.25, -0.2) is 0 Å². The van der Waals surface area contributed by atoms with Crippen molar-refractivity contribution in [1.82, 2.24) is 5.43 Å². The van der Waals surface area contributed by atoms with Crippen LogP contribution in [-0.4, -0.2) is 76.7 Å². The van der Waals surface area contributed by atoms with Gasteiger partial charge in [-0.3, -0.25) is 20.4 Å². The highest BCUT2D eigenvalue weighted by Crippen LogP contribution is 2.25. The highest BCUT2D eigenvalue weighted by molar-refractivity contribution is 7.99. The summed E-state index contributed by atoms with van der Waals surface area (Å²) in [5, 5.41) is 6.50. The molecule has 2 rings (SSSR count). The summed E-state index contributed by atoms with van der Waals surface area (Å²) in [5.41, 5.74) is 11.0. The molecule has 0 heterocycles. The number of carbonyl (C=O) groups is 2. The summed E-state index contributed by atoms with van der Waals surface area (Å²) in [6, 6.07) is 11.7. The lowest BCUT2D eigenvalue weighted by Crippen LogP contribution is -2.18. The van der Waals surface area contributed by atoms with Crippen LogP contribution in [0.25, 0.3) is 0 Å². The van der Waals surface area contributed by atoms with Crippen LogP contribution in [0.2, 0.25) is 0 Å². The zero-order valence-corrected chi connectivity index (χ0v) is 28.2. The van der Waals surface area contributed by atoms with E-state index in [0.29, 0.717) is 65.0 Å². The first-order chi connectivity index (χ1) is 22.0. The van der Waals surface area contributed by atoms with E-state index in [-0.39, 0.29) is 5.91 Å². The number of hydrazine groups is 1. The minimum Gasteiger partial charge on any atom is -0.381 e. The van der Waals surface area contributed by atoms with E-state index in [9.17, 15) is 9.59 Å². The predicted molar refractivity (Wildman–Crippen MR) is 185 cm³/mol. The van der Waals surface area contributed by atoms with Crippen LogP contribution in [0.5, 0.6) is 0 Å². The first kappa shape index (κ1) is 38.4. The van der Waals surface area contributed by atoms with Crippen molar-refractivity contribution in [3.63, 3.8) is 0 Å². The summed E-state index contributed by atoms with van der Waals surface area (Å²) in [6.45, 7) is 11.6. The number of aryl methyl sites for hydroxylation is 1. The number of unbranched alkanes of at least 4 members (excludes halogenated alkanes) is 5. The molecule has 45 heavy (non-hydrogen) atoms. The minimum atomic E-state index is -0.0283. The molecule has 2 aromatic rings. The molecule has 0 radical (unpaired) electrons. The highest BCUT2D eigenvalue weighted by atomic mass is 32.2. The van der Waals surface area contributed by atoms with Gasteiger partial charge in [-0.1, -0.05) is 51.2 Å². The van der Waals surface area contributed by atoms with Crippen molar-refractivity contribution in [2.24, 2.45) is 0 Å². The molecular formula is C34H54N4O6S. The van der Waals surface area contributed by atoms with E-state index in [2.05, 4.69) is 34.5 Å². The molecule has 0 saturated carbocycles. The number of anilines is 3. The second-order valence-corrected chi connectivity index (χ2v) is 11.8. The van der Waals surface area contributed by atoms with Crippen LogP contribution in [-0.2, 0) is 35.1 Å². The van der Waals surface area contributed by atoms with E-state index >= 15 is 0 Å². The Labute approximate surface area is 274 Å². The second kappa shape index (κ2) is 25.4. The molecule has 0 aromatic heterocycles. The third-order valence-corrected chi connectivity index (χ3v) is 7.98. The van der Waals surface area contributed by atoms with Gasteiger partial charge in [-0.15, -0.1) is 11.8 Å². The van der Waals surface area contributed by atoms with Crippen molar-refractivity contribution in [3.05, 3.63) is 53.1 Å². The van der Waals surface area contributed by atoms with Crippen LogP contribution in [0.15, 0.2) is 36.4 Å². The summed E-state index contributed by atoms with van der Waals surface area (Å²) in [6.07, 6.45) is 8.22. The standard InChI is InChI=1S/C34H54N4O6S/c1-4-5-6-7-8-9-16-41-17-18-42-19-20-43-21-22-44-23-24-45-26-33(40)37-34-28(2)10-11-30(29(34)3)25-35-31-12-14-32(15-13-31)38-36-27-39/h10-15,27,35,38H,4-9,16-26H2,1-3H3,(H,36,39)(H,37,40). The normalized spacial score (nSPS) is 10.9. The fraction of sp³-hybridized carbons (Fsp3) is 0.588. The number of nitrogens with one attached hydrogen (secondary N) is 4. The molecule has 2 amide bonds. The molecule has 0 unspecified atom stereocenters. The Kier molecular flexibility index (Phi) is 21.6. The molecule has 4 N–H and O–H groups in total. The maximum absolute atomic E-state index is 12.6. The van der Waals surface area contributed by atoms with Gasteiger partial charge in [0.15, 0.2) is 0 Å². The number of carbonyl (C=O) groups excluding carboxylic acids is 2. The zero-order valence-electron chi connectivity index (χ0n) is 27.4. The van der Waals surface area contributed by atoms with Crippen LogP contribution in [0, 0.1) is 13.8 Å². The molecule has 0 bridgehead atoms. The van der Waals surface area contributed by atoms with Crippen molar-refractivity contribution in [2.45, 2.75) is 65.8 Å². The molecule has 10 nitrogen and oxygen atoms in total. The lowest BCUT2D eigenvalue weighted by atomic mass is 10.0. The van der Waals surface area contributed by atoms with Gasteiger partial charge < -0.3 is 29.6 Å². The molecule has 0 fully saturated rings. The van der Waals surface area contributed by atoms with Crippen LogP contribution < -0.4 is 21.5 Å². The maximum atomic E-state index is 12.6. The number of benzene rings is 2. The number of hydrogen-bond acceptors (Lipinski definition) is 9. The molecule has 11 heteroatoms. The number of rotatable bonds is 28. The van der Waals surface area contributed by atoms with Crippen LogP contribution >= 0.6 is 11.8 Å². The van der Waals surface area contributed by atoms with Gasteiger partial charge in [0.1, 0.15) is 0 Å².